The van der Waals surface area contributed by atoms with Gasteiger partial charge in [0.25, 0.3) is 0 Å². The van der Waals surface area contributed by atoms with Crippen LogP contribution in [0.2, 0.25) is 0 Å². The van der Waals surface area contributed by atoms with E-state index in [-0.39, 0.29) is 5.91 Å². The Bertz CT molecular complexity index is 482. The Kier molecular flexibility index (Phi) is 4.69. The van der Waals surface area contributed by atoms with Crippen LogP contribution < -0.4 is 11.1 Å². The van der Waals surface area contributed by atoms with Crippen LogP contribution >= 0.6 is 0 Å². The average Bonchev–Trinajstić information content (AvgIpc) is 2.41. The van der Waals surface area contributed by atoms with E-state index in [1.165, 1.54) is 25.7 Å². The van der Waals surface area contributed by atoms with Gasteiger partial charge in [-0.2, -0.15) is 0 Å². The fourth-order valence-corrected chi connectivity index (χ4v) is 3.32. The van der Waals surface area contributed by atoms with Gasteiger partial charge in [0.15, 0.2) is 0 Å². The lowest BCUT2D eigenvalue weighted by atomic mass is 9.77. The lowest BCUT2D eigenvalue weighted by Gasteiger charge is -2.36. The fraction of sp³-hybridized carbons (Fsp3) is 0.588. The van der Waals surface area contributed by atoms with E-state index in [0.717, 1.165) is 17.2 Å². The lowest BCUT2D eigenvalue weighted by molar-refractivity contribution is 0.1000. The predicted octanol–water partition coefficient (Wildman–Crippen LogP) is 3.72. The Morgan fingerprint density at radius 2 is 2.00 bits per heavy atom. The van der Waals surface area contributed by atoms with Crippen molar-refractivity contribution < 1.29 is 4.79 Å². The summed E-state index contributed by atoms with van der Waals surface area (Å²) in [6.45, 7) is 6.66. The van der Waals surface area contributed by atoms with E-state index < -0.39 is 0 Å². The molecular formula is C17H26N2O. The molecule has 1 aromatic rings. The summed E-state index contributed by atoms with van der Waals surface area (Å²) < 4.78 is 0. The maximum atomic E-state index is 11.2. The van der Waals surface area contributed by atoms with Crippen molar-refractivity contribution in [2.75, 3.05) is 5.32 Å². The van der Waals surface area contributed by atoms with Crippen LogP contribution in [0.4, 0.5) is 5.69 Å². The van der Waals surface area contributed by atoms with E-state index in [0.29, 0.717) is 17.5 Å². The summed E-state index contributed by atoms with van der Waals surface area (Å²) in [7, 11) is 0. The van der Waals surface area contributed by atoms with Gasteiger partial charge in [0, 0.05) is 17.3 Å². The van der Waals surface area contributed by atoms with E-state index in [4.69, 9.17) is 5.73 Å². The molecule has 1 aliphatic carbocycles. The Balaban J connectivity index is 2.14. The minimum Gasteiger partial charge on any atom is -0.382 e. The fourth-order valence-electron chi connectivity index (χ4n) is 3.32. The molecule has 3 N–H and O–H groups in total. The second-order valence-corrected chi connectivity index (χ2v) is 6.34. The van der Waals surface area contributed by atoms with Crippen LogP contribution in [-0.2, 0) is 0 Å². The lowest BCUT2D eigenvalue weighted by Crippen LogP contribution is -2.35. The van der Waals surface area contributed by atoms with E-state index in [1.807, 2.05) is 25.1 Å². The highest BCUT2D eigenvalue weighted by Crippen LogP contribution is 2.33. The van der Waals surface area contributed by atoms with E-state index >= 15 is 0 Å². The monoisotopic (exact) mass is 274 g/mol. The van der Waals surface area contributed by atoms with Crippen molar-refractivity contribution in [2.45, 2.75) is 52.5 Å². The molecular weight excluding hydrogens is 248 g/mol. The number of primary amides is 1. The van der Waals surface area contributed by atoms with Crippen LogP contribution in [0.3, 0.4) is 0 Å². The third kappa shape index (κ3) is 3.33. The van der Waals surface area contributed by atoms with E-state index in [2.05, 4.69) is 19.2 Å². The molecule has 2 rings (SSSR count). The number of anilines is 1. The van der Waals surface area contributed by atoms with E-state index in [1.54, 1.807) is 0 Å². The first-order chi connectivity index (χ1) is 9.49. The largest absolute Gasteiger partial charge is 0.382 e. The first kappa shape index (κ1) is 14.9. The summed E-state index contributed by atoms with van der Waals surface area (Å²) in [4.78, 5) is 11.2. The highest BCUT2D eigenvalue weighted by molar-refractivity contribution is 5.93. The van der Waals surface area contributed by atoms with Crippen LogP contribution in [0.1, 0.15) is 55.5 Å². The molecule has 1 saturated carbocycles. The molecule has 1 aliphatic rings. The maximum Gasteiger partial charge on any atom is 0.248 e. The molecule has 110 valence electrons. The zero-order valence-electron chi connectivity index (χ0n) is 12.8. The molecule has 0 saturated heterocycles. The van der Waals surface area contributed by atoms with Gasteiger partial charge in [-0.15, -0.1) is 0 Å². The molecule has 0 spiro atoms. The third-order valence-corrected chi connectivity index (χ3v) is 4.53. The number of hydrogen-bond acceptors (Lipinski definition) is 2. The quantitative estimate of drug-likeness (QED) is 0.879. The molecule has 2 atom stereocenters. The molecule has 1 fully saturated rings. The Morgan fingerprint density at radius 3 is 2.60 bits per heavy atom. The molecule has 1 aromatic carbocycles. The third-order valence-electron chi connectivity index (χ3n) is 4.53. The minimum atomic E-state index is -0.364. The number of nitrogens with two attached hydrogens (primary N) is 1. The second kappa shape index (κ2) is 6.29. The number of carbonyl (C=O) groups excluding carboxylic acids is 1. The molecule has 3 heteroatoms. The van der Waals surface area contributed by atoms with Gasteiger partial charge in [-0.1, -0.05) is 26.7 Å². The molecule has 1 amide bonds. The van der Waals surface area contributed by atoms with Crippen molar-refractivity contribution in [3.63, 3.8) is 0 Å². The first-order valence-corrected chi connectivity index (χ1v) is 7.66. The summed E-state index contributed by atoms with van der Waals surface area (Å²) in [6.07, 6.45) is 5.20. The second-order valence-electron chi connectivity index (χ2n) is 6.34. The highest BCUT2D eigenvalue weighted by atomic mass is 16.1. The van der Waals surface area contributed by atoms with E-state index in [9.17, 15) is 4.79 Å². The van der Waals surface area contributed by atoms with Gasteiger partial charge >= 0.3 is 0 Å². The number of hydrogen-bond donors (Lipinski definition) is 2. The molecule has 0 radical (unpaired) electrons. The molecule has 20 heavy (non-hydrogen) atoms. The Hall–Kier alpha value is -1.51. The van der Waals surface area contributed by atoms with Gasteiger partial charge in [-0.05, 0) is 55.4 Å². The number of carbonyl (C=O) groups is 1. The van der Waals surface area contributed by atoms with Crippen LogP contribution in [0.5, 0.6) is 0 Å². The smallest absolute Gasteiger partial charge is 0.248 e. The molecule has 0 aromatic heterocycles. The summed E-state index contributed by atoms with van der Waals surface area (Å²) in [6, 6.07) is 6.21. The molecule has 2 unspecified atom stereocenters. The van der Waals surface area contributed by atoms with Crippen molar-refractivity contribution in [3.05, 3.63) is 29.3 Å². The molecule has 0 bridgehead atoms. The van der Waals surface area contributed by atoms with Crippen molar-refractivity contribution in [1.29, 1.82) is 0 Å². The number of rotatable bonds is 4. The molecule has 0 heterocycles. The zero-order chi connectivity index (χ0) is 14.7. The molecule has 0 aliphatic heterocycles. The minimum absolute atomic E-state index is 0.364. The van der Waals surface area contributed by atoms with Gasteiger partial charge < -0.3 is 11.1 Å². The molecule has 3 nitrogen and oxygen atoms in total. The van der Waals surface area contributed by atoms with Gasteiger partial charge in [0.1, 0.15) is 0 Å². The van der Waals surface area contributed by atoms with Crippen molar-refractivity contribution >= 4 is 11.6 Å². The number of nitrogens with one attached hydrogen (secondary N) is 1. The first-order valence-electron chi connectivity index (χ1n) is 7.66. The summed E-state index contributed by atoms with van der Waals surface area (Å²) in [5.74, 6) is 1.08. The Labute approximate surface area is 121 Å². The van der Waals surface area contributed by atoms with Crippen molar-refractivity contribution in [1.82, 2.24) is 0 Å². The summed E-state index contributed by atoms with van der Waals surface area (Å²) in [5, 5.41) is 3.69. The number of aryl methyl sites for hydroxylation is 1. The van der Waals surface area contributed by atoms with Crippen LogP contribution in [0.25, 0.3) is 0 Å². The van der Waals surface area contributed by atoms with Gasteiger partial charge in [-0.3, -0.25) is 4.79 Å². The predicted molar refractivity (Wildman–Crippen MR) is 83.9 cm³/mol. The Morgan fingerprint density at radius 1 is 1.30 bits per heavy atom. The summed E-state index contributed by atoms with van der Waals surface area (Å²) >= 11 is 0. The normalized spacial score (nSPS) is 22.8. The van der Waals surface area contributed by atoms with Gasteiger partial charge in [-0.25, -0.2) is 0 Å². The SMILES string of the molecule is Cc1cc(C(N)=O)ccc1NC1CCCCC1C(C)C. The highest BCUT2D eigenvalue weighted by Gasteiger charge is 2.27. The standard InChI is InChI=1S/C17H26N2O/c1-11(2)14-6-4-5-7-16(14)19-15-9-8-13(17(18)20)10-12(15)3/h8-11,14,16,19H,4-7H2,1-3H3,(H2,18,20). The van der Waals surface area contributed by atoms with Crippen LogP contribution in [0.15, 0.2) is 18.2 Å². The topological polar surface area (TPSA) is 55.1 Å². The van der Waals surface area contributed by atoms with Crippen LogP contribution in [-0.4, -0.2) is 11.9 Å². The van der Waals surface area contributed by atoms with Gasteiger partial charge in [0.05, 0.1) is 0 Å². The van der Waals surface area contributed by atoms with Crippen molar-refractivity contribution in [2.24, 2.45) is 17.6 Å². The number of amides is 1. The number of benzene rings is 1. The zero-order valence-corrected chi connectivity index (χ0v) is 12.8. The average molecular weight is 274 g/mol. The van der Waals surface area contributed by atoms with Crippen LogP contribution in [0, 0.1) is 18.8 Å². The van der Waals surface area contributed by atoms with Gasteiger partial charge in [0.2, 0.25) is 5.91 Å². The maximum absolute atomic E-state index is 11.2. The summed E-state index contributed by atoms with van der Waals surface area (Å²) in [5.41, 5.74) is 8.12. The van der Waals surface area contributed by atoms with Crippen molar-refractivity contribution in [3.8, 4) is 0 Å².